The quantitative estimate of drug-likeness (QED) is 0.784. The monoisotopic (exact) mass is 390 g/mol. The first-order valence-corrected chi connectivity index (χ1v) is 8.03. The van der Waals surface area contributed by atoms with Gasteiger partial charge in [0.25, 0.3) is 5.91 Å². The van der Waals surface area contributed by atoms with Crippen molar-refractivity contribution in [2.45, 2.75) is 12.5 Å². The van der Waals surface area contributed by atoms with Gasteiger partial charge in [-0.1, -0.05) is 33.2 Å². The number of carbonyl (C=O) groups excluding carboxylic acids is 1. The van der Waals surface area contributed by atoms with Gasteiger partial charge in [0.2, 0.25) is 6.10 Å². The van der Waals surface area contributed by atoms with Crippen molar-refractivity contribution >= 4 is 33.2 Å². The summed E-state index contributed by atoms with van der Waals surface area (Å²) in [5, 5.41) is 16.5. The fraction of sp³-hybridized carbons (Fsp3) is 0.176. The van der Waals surface area contributed by atoms with Gasteiger partial charge in [-0.3, -0.25) is 4.79 Å². The second-order valence-corrected chi connectivity index (χ2v) is 6.10. The molecule has 1 amide bonds. The second kappa shape index (κ2) is 6.92. The van der Waals surface area contributed by atoms with Crippen molar-refractivity contribution in [3.63, 3.8) is 0 Å². The number of rotatable bonds is 4. The molecule has 0 spiro atoms. The van der Waals surface area contributed by atoms with Crippen molar-refractivity contribution in [3.05, 3.63) is 52.5 Å². The zero-order valence-corrected chi connectivity index (χ0v) is 14.4. The first-order valence-electron chi connectivity index (χ1n) is 7.24. The van der Waals surface area contributed by atoms with Crippen LogP contribution in [0, 0.1) is 0 Å². The molecule has 1 aliphatic heterocycles. The van der Waals surface area contributed by atoms with Crippen LogP contribution in [0.15, 0.2) is 52.1 Å². The molecule has 0 radical (unpaired) electrons. The molecule has 3 rings (SSSR count). The van der Waals surface area contributed by atoms with Gasteiger partial charge in [-0.2, -0.15) is 0 Å². The van der Waals surface area contributed by atoms with Crippen molar-refractivity contribution in [2.24, 2.45) is 5.16 Å². The van der Waals surface area contributed by atoms with Crippen LogP contribution in [-0.4, -0.2) is 29.9 Å². The fourth-order valence-corrected chi connectivity index (χ4v) is 2.74. The van der Waals surface area contributed by atoms with E-state index in [0.717, 1.165) is 10.0 Å². The molecule has 0 unspecified atom stereocenters. The first-order chi connectivity index (χ1) is 11.6. The molecule has 1 aliphatic rings. The summed E-state index contributed by atoms with van der Waals surface area (Å²) >= 11 is 3.30. The fourth-order valence-electron chi connectivity index (χ4n) is 2.38. The minimum Gasteiger partial charge on any atom is -0.506 e. The maximum absolute atomic E-state index is 12.3. The molecule has 2 aromatic rings. The molecule has 24 heavy (non-hydrogen) atoms. The van der Waals surface area contributed by atoms with E-state index in [2.05, 4.69) is 26.4 Å². The average molecular weight is 391 g/mol. The van der Waals surface area contributed by atoms with E-state index in [1.165, 1.54) is 6.07 Å². The number of hydrogen-bond acceptors (Lipinski definition) is 5. The van der Waals surface area contributed by atoms with Gasteiger partial charge in [-0.25, -0.2) is 0 Å². The van der Waals surface area contributed by atoms with E-state index >= 15 is 0 Å². The van der Waals surface area contributed by atoms with Gasteiger partial charge < -0.3 is 20.0 Å². The number of ether oxygens (including phenoxy) is 1. The number of methoxy groups -OCH3 is 1. The van der Waals surface area contributed by atoms with Crippen LogP contribution in [0.4, 0.5) is 5.69 Å². The Labute approximate surface area is 147 Å². The summed E-state index contributed by atoms with van der Waals surface area (Å²) in [4.78, 5) is 17.6. The minimum atomic E-state index is -0.761. The Balaban J connectivity index is 1.70. The predicted octanol–water partition coefficient (Wildman–Crippen LogP) is 3.30. The number of nitrogens with zero attached hydrogens (tertiary/aromatic N) is 1. The van der Waals surface area contributed by atoms with E-state index in [0.29, 0.717) is 23.6 Å². The van der Waals surface area contributed by atoms with Gasteiger partial charge in [0.15, 0.2) is 0 Å². The Morgan fingerprint density at radius 3 is 2.96 bits per heavy atom. The van der Waals surface area contributed by atoms with Gasteiger partial charge in [-0.05, 0) is 30.3 Å². The zero-order chi connectivity index (χ0) is 17.1. The van der Waals surface area contributed by atoms with E-state index in [4.69, 9.17) is 9.57 Å². The Morgan fingerprint density at radius 1 is 1.38 bits per heavy atom. The number of aromatic hydroxyl groups is 1. The van der Waals surface area contributed by atoms with Crippen LogP contribution in [0.25, 0.3) is 0 Å². The normalized spacial score (nSPS) is 16.2. The van der Waals surface area contributed by atoms with E-state index in [1.807, 2.05) is 24.3 Å². The second-order valence-electron chi connectivity index (χ2n) is 5.19. The summed E-state index contributed by atoms with van der Waals surface area (Å²) in [7, 11) is 1.58. The first kappa shape index (κ1) is 16.3. The molecule has 0 saturated heterocycles. The van der Waals surface area contributed by atoms with Crippen molar-refractivity contribution in [2.75, 3.05) is 12.4 Å². The molecular weight excluding hydrogens is 376 g/mol. The van der Waals surface area contributed by atoms with Gasteiger partial charge >= 0.3 is 0 Å². The number of benzene rings is 2. The summed E-state index contributed by atoms with van der Waals surface area (Å²) in [5.74, 6) is 0.276. The summed E-state index contributed by atoms with van der Waals surface area (Å²) in [6.45, 7) is 0. The van der Waals surface area contributed by atoms with Gasteiger partial charge in [0.1, 0.15) is 11.5 Å². The van der Waals surface area contributed by atoms with Crippen LogP contribution in [-0.2, 0) is 9.63 Å². The third-order valence-corrected chi connectivity index (χ3v) is 4.09. The van der Waals surface area contributed by atoms with Crippen molar-refractivity contribution in [3.8, 4) is 11.5 Å². The molecule has 1 atom stereocenters. The average Bonchev–Trinajstić information content (AvgIpc) is 3.08. The van der Waals surface area contributed by atoms with Gasteiger partial charge in [0.05, 0.1) is 18.5 Å². The molecular formula is C17H15BrN2O4. The predicted molar refractivity (Wildman–Crippen MR) is 93.5 cm³/mol. The smallest absolute Gasteiger partial charge is 0.268 e. The number of phenolic OH excluding ortho intramolecular Hbond substituents is 1. The number of phenols is 1. The topological polar surface area (TPSA) is 80.2 Å². The Morgan fingerprint density at radius 2 is 2.17 bits per heavy atom. The summed E-state index contributed by atoms with van der Waals surface area (Å²) < 4.78 is 6.05. The Bertz CT molecular complexity index is 807. The molecule has 0 aromatic heterocycles. The lowest BCUT2D eigenvalue weighted by Gasteiger charge is -2.11. The molecule has 2 aromatic carbocycles. The lowest BCUT2D eigenvalue weighted by molar-refractivity contribution is -0.125. The molecule has 2 N–H and O–H groups in total. The molecule has 0 fully saturated rings. The van der Waals surface area contributed by atoms with Crippen LogP contribution in [0.2, 0.25) is 0 Å². The van der Waals surface area contributed by atoms with Crippen molar-refractivity contribution in [1.29, 1.82) is 0 Å². The highest BCUT2D eigenvalue weighted by atomic mass is 79.9. The molecule has 6 nitrogen and oxygen atoms in total. The van der Waals surface area contributed by atoms with Crippen LogP contribution >= 0.6 is 15.9 Å². The SMILES string of the molecule is COc1ccccc1C1=NO[C@H](C(=O)Nc2cc(Br)ccc2O)C1. The number of amides is 1. The molecule has 1 heterocycles. The number of carbonyl (C=O) groups is 1. The third kappa shape index (κ3) is 3.35. The van der Waals surface area contributed by atoms with E-state index in [1.54, 1.807) is 19.2 Å². The van der Waals surface area contributed by atoms with Crippen LogP contribution in [0.1, 0.15) is 12.0 Å². The number of hydrogen-bond donors (Lipinski definition) is 2. The number of halogens is 1. The van der Waals surface area contributed by atoms with Gasteiger partial charge in [-0.15, -0.1) is 0 Å². The van der Waals surface area contributed by atoms with Crippen LogP contribution in [0.3, 0.4) is 0 Å². The van der Waals surface area contributed by atoms with Crippen LogP contribution in [0.5, 0.6) is 11.5 Å². The molecule has 0 saturated carbocycles. The third-order valence-electron chi connectivity index (χ3n) is 3.60. The Kier molecular flexibility index (Phi) is 4.71. The molecule has 7 heteroatoms. The molecule has 0 bridgehead atoms. The number of para-hydroxylation sites is 1. The van der Waals surface area contributed by atoms with E-state index in [-0.39, 0.29) is 11.7 Å². The van der Waals surface area contributed by atoms with Crippen molar-refractivity contribution in [1.82, 2.24) is 0 Å². The molecule has 124 valence electrons. The van der Waals surface area contributed by atoms with E-state index < -0.39 is 6.10 Å². The van der Waals surface area contributed by atoms with Gasteiger partial charge in [0, 0.05) is 16.5 Å². The number of oxime groups is 1. The van der Waals surface area contributed by atoms with E-state index in [9.17, 15) is 9.90 Å². The highest BCUT2D eigenvalue weighted by Crippen LogP contribution is 2.29. The van der Waals surface area contributed by atoms with Crippen LogP contribution < -0.4 is 10.1 Å². The standard InChI is InChI=1S/C17H15BrN2O4/c1-23-15-5-3-2-4-11(15)12-9-16(24-20-12)17(22)19-13-8-10(18)6-7-14(13)21/h2-8,16,21H,9H2,1H3,(H,19,22)/t16-/m0/s1. The lowest BCUT2D eigenvalue weighted by Crippen LogP contribution is -2.28. The molecule has 0 aliphatic carbocycles. The summed E-state index contributed by atoms with van der Waals surface area (Å²) in [6, 6.07) is 12.2. The summed E-state index contributed by atoms with van der Waals surface area (Å²) in [6.07, 6.45) is -0.440. The largest absolute Gasteiger partial charge is 0.506 e. The lowest BCUT2D eigenvalue weighted by atomic mass is 10.0. The Hall–Kier alpha value is -2.54. The minimum absolute atomic E-state index is 0.0181. The highest BCUT2D eigenvalue weighted by molar-refractivity contribution is 9.10. The van der Waals surface area contributed by atoms with Crippen molar-refractivity contribution < 1.29 is 19.5 Å². The zero-order valence-electron chi connectivity index (χ0n) is 12.8. The maximum Gasteiger partial charge on any atom is 0.268 e. The highest BCUT2D eigenvalue weighted by Gasteiger charge is 2.30. The number of anilines is 1. The summed E-state index contributed by atoms with van der Waals surface area (Å²) in [5.41, 5.74) is 1.75. The maximum atomic E-state index is 12.3. The number of nitrogens with one attached hydrogen (secondary N) is 1.